The van der Waals surface area contributed by atoms with E-state index in [4.69, 9.17) is 11.6 Å². The summed E-state index contributed by atoms with van der Waals surface area (Å²) in [6.07, 6.45) is 6.14. The van der Waals surface area contributed by atoms with Crippen LogP contribution in [0.25, 0.3) is 0 Å². The fraction of sp³-hybridized carbons (Fsp3) is 0.294. The summed E-state index contributed by atoms with van der Waals surface area (Å²) in [6, 6.07) is 11.3. The van der Waals surface area contributed by atoms with Crippen molar-refractivity contribution in [2.45, 2.75) is 31.7 Å². The number of carbonyl (C=O) groups is 1. The molecule has 0 aliphatic heterocycles. The van der Waals surface area contributed by atoms with Gasteiger partial charge in [-0.1, -0.05) is 30.5 Å². The third-order valence-electron chi connectivity index (χ3n) is 3.80. The molecule has 0 spiro atoms. The minimum Gasteiger partial charge on any atom is -0.355 e. The Labute approximate surface area is 134 Å². The summed E-state index contributed by atoms with van der Waals surface area (Å²) in [5, 5.41) is 6.94. The van der Waals surface area contributed by atoms with Crippen LogP contribution in [0.3, 0.4) is 0 Å². The van der Waals surface area contributed by atoms with Crippen LogP contribution in [0.4, 0.5) is 11.4 Å². The van der Waals surface area contributed by atoms with Crippen molar-refractivity contribution in [1.82, 2.24) is 10.3 Å². The SMILES string of the molecule is O=C(NC1CCCC1)c1cc(Nc2cccc(Cl)c2)ccn1. The molecule has 0 saturated heterocycles. The lowest BCUT2D eigenvalue weighted by molar-refractivity contribution is 0.0933. The van der Waals surface area contributed by atoms with Gasteiger partial charge in [0.15, 0.2) is 0 Å². The molecule has 3 rings (SSSR count). The van der Waals surface area contributed by atoms with Gasteiger partial charge >= 0.3 is 0 Å². The van der Waals surface area contributed by atoms with E-state index in [0.29, 0.717) is 16.8 Å². The van der Waals surface area contributed by atoms with Gasteiger partial charge in [0.2, 0.25) is 0 Å². The molecule has 4 nitrogen and oxygen atoms in total. The average Bonchev–Trinajstić information content (AvgIpc) is 3.00. The van der Waals surface area contributed by atoms with E-state index < -0.39 is 0 Å². The molecular weight excluding hydrogens is 298 g/mol. The molecule has 1 saturated carbocycles. The standard InChI is InChI=1S/C17H18ClN3O/c18-12-4-3-7-14(10-12)20-15-8-9-19-16(11-15)17(22)21-13-5-1-2-6-13/h3-4,7-11,13H,1-2,5-6H2,(H,19,20)(H,21,22). The van der Waals surface area contributed by atoms with Gasteiger partial charge in [0.25, 0.3) is 5.91 Å². The Kier molecular flexibility index (Phi) is 4.59. The number of benzene rings is 1. The molecule has 0 unspecified atom stereocenters. The Balaban J connectivity index is 1.70. The highest BCUT2D eigenvalue weighted by molar-refractivity contribution is 6.30. The van der Waals surface area contributed by atoms with Crippen molar-refractivity contribution in [2.75, 3.05) is 5.32 Å². The molecule has 2 aromatic rings. The Hall–Kier alpha value is -2.07. The summed E-state index contributed by atoms with van der Waals surface area (Å²) in [4.78, 5) is 16.4. The largest absolute Gasteiger partial charge is 0.355 e. The molecule has 114 valence electrons. The molecular formula is C17H18ClN3O. The van der Waals surface area contributed by atoms with Crippen LogP contribution in [0.15, 0.2) is 42.6 Å². The van der Waals surface area contributed by atoms with Gasteiger partial charge in [-0.25, -0.2) is 0 Å². The van der Waals surface area contributed by atoms with Crippen LogP contribution in [0.1, 0.15) is 36.2 Å². The van der Waals surface area contributed by atoms with E-state index >= 15 is 0 Å². The number of pyridine rings is 1. The molecule has 1 aliphatic rings. The Morgan fingerprint density at radius 2 is 1.91 bits per heavy atom. The van der Waals surface area contributed by atoms with Crippen LogP contribution in [0.5, 0.6) is 0 Å². The maximum atomic E-state index is 12.2. The first kappa shape index (κ1) is 14.9. The number of hydrogen-bond donors (Lipinski definition) is 2. The molecule has 22 heavy (non-hydrogen) atoms. The summed E-state index contributed by atoms with van der Waals surface area (Å²) < 4.78 is 0. The first-order valence-corrected chi connectivity index (χ1v) is 7.88. The van der Waals surface area contributed by atoms with Gasteiger partial charge in [0, 0.05) is 28.6 Å². The molecule has 1 aliphatic carbocycles. The number of amides is 1. The summed E-state index contributed by atoms with van der Waals surface area (Å²) in [7, 11) is 0. The van der Waals surface area contributed by atoms with E-state index in [1.54, 1.807) is 12.3 Å². The first-order valence-electron chi connectivity index (χ1n) is 7.50. The van der Waals surface area contributed by atoms with Crippen LogP contribution < -0.4 is 10.6 Å². The van der Waals surface area contributed by atoms with Gasteiger partial charge < -0.3 is 10.6 Å². The minimum atomic E-state index is -0.110. The highest BCUT2D eigenvalue weighted by Crippen LogP contribution is 2.21. The van der Waals surface area contributed by atoms with Crippen LogP contribution in [0, 0.1) is 0 Å². The lowest BCUT2D eigenvalue weighted by Crippen LogP contribution is -2.33. The second kappa shape index (κ2) is 6.79. The zero-order valence-electron chi connectivity index (χ0n) is 12.2. The molecule has 5 heteroatoms. The fourth-order valence-corrected chi connectivity index (χ4v) is 2.89. The lowest BCUT2D eigenvalue weighted by atomic mass is 10.2. The van der Waals surface area contributed by atoms with Crippen molar-refractivity contribution < 1.29 is 4.79 Å². The Morgan fingerprint density at radius 1 is 1.14 bits per heavy atom. The van der Waals surface area contributed by atoms with Gasteiger partial charge in [0.1, 0.15) is 5.69 Å². The summed E-state index contributed by atoms with van der Waals surface area (Å²) in [6.45, 7) is 0. The van der Waals surface area contributed by atoms with Gasteiger partial charge in [-0.15, -0.1) is 0 Å². The van der Waals surface area contributed by atoms with Crippen molar-refractivity contribution in [3.05, 3.63) is 53.3 Å². The zero-order chi connectivity index (χ0) is 15.4. The number of rotatable bonds is 4. The number of aromatic nitrogens is 1. The molecule has 1 aromatic carbocycles. The van der Waals surface area contributed by atoms with Crippen LogP contribution in [-0.4, -0.2) is 16.9 Å². The molecule has 1 amide bonds. The minimum absolute atomic E-state index is 0.110. The molecule has 0 atom stereocenters. The molecule has 2 N–H and O–H groups in total. The number of halogens is 1. The van der Waals surface area contributed by atoms with Gasteiger partial charge in [-0.3, -0.25) is 9.78 Å². The summed E-state index contributed by atoms with van der Waals surface area (Å²) >= 11 is 5.97. The topological polar surface area (TPSA) is 54.0 Å². The van der Waals surface area contributed by atoms with E-state index in [-0.39, 0.29) is 5.91 Å². The zero-order valence-corrected chi connectivity index (χ0v) is 12.9. The van der Waals surface area contributed by atoms with Gasteiger partial charge in [0.05, 0.1) is 0 Å². The second-order valence-electron chi connectivity index (χ2n) is 5.52. The van der Waals surface area contributed by atoms with Crippen LogP contribution in [-0.2, 0) is 0 Å². The number of nitrogens with zero attached hydrogens (tertiary/aromatic N) is 1. The van der Waals surface area contributed by atoms with Crippen molar-refractivity contribution in [1.29, 1.82) is 0 Å². The quantitative estimate of drug-likeness (QED) is 0.891. The van der Waals surface area contributed by atoms with E-state index in [1.807, 2.05) is 30.3 Å². The second-order valence-corrected chi connectivity index (χ2v) is 5.96. The van der Waals surface area contributed by atoms with Crippen molar-refractivity contribution in [2.24, 2.45) is 0 Å². The first-order chi connectivity index (χ1) is 10.7. The monoisotopic (exact) mass is 315 g/mol. The van der Waals surface area contributed by atoms with Crippen molar-refractivity contribution >= 4 is 28.9 Å². The van der Waals surface area contributed by atoms with Crippen LogP contribution >= 0.6 is 11.6 Å². The molecule has 1 heterocycles. The average molecular weight is 316 g/mol. The highest BCUT2D eigenvalue weighted by atomic mass is 35.5. The van der Waals surface area contributed by atoms with Crippen molar-refractivity contribution in [3.8, 4) is 0 Å². The Bertz CT molecular complexity index is 668. The van der Waals surface area contributed by atoms with E-state index in [2.05, 4.69) is 15.6 Å². The smallest absolute Gasteiger partial charge is 0.270 e. The number of carbonyl (C=O) groups excluding carboxylic acids is 1. The summed E-state index contributed by atoms with van der Waals surface area (Å²) in [5.41, 5.74) is 2.12. The van der Waals surface area contributed by atoms with Gasteiger partial charge in [-0.05, 0) is 43.2 Å². The normalized spacial score (nSPS) is 14.8. The highest BCUT2D eigenvalue weighted by Gasteiger charge is 2.18. The number of hydrogen-bond acceptors (Lipinski definition) is 3. The van der Waals surface area contributed by atoms with Gasteiger partial charge in [-0.2, -0.15) is 0 Å². The third-order valence-corrected chi connectivity index (χ3v) is 4.03. The van der Waals surface area contributed by atoms with E-state index in [9.17, 15) is 4.79 Å². The fourth-order valence-electron chi connectivity index (χ4n) is 2.69. The maximum Gasteiger partial charge on any atom is 0.270 e. The lowest BCUT2D eigenvalue weighted by Gasteiger charge is -2.12. The van der Waals surface area contributed by atoms with E-state index in [0.717, 1.165) is 24.2 Å². The molecule has 1 aromatic heterocycles. The van der Waals surface area contributed by atoms with Crippen molar-refractivity contribution in [3.63, 3.8) is 0 Å². The predicted octanol–water partition coefficient (Wildman–Crippen LogP) is 4.15. The maximum absolute atomic E-state index is 12.2. The van der Waals surface area contributed by atoms with E-state index in [1.165, 1.54) is 12.8 Å². The van der Waals surface area contributed by atoms with Crippen LogP contribution in [0.2, 0.25) is 5.02 Å². The predicted molar refractivity (Wildman–Crippen MR) is 88.7 cm³/mol. The molecule has 0 radical (unpaired) electrons. The third kappa shape index (κ3) is 3.77. The molecule has 0 bridgehead atoms. The Morgan fingerprint density at radius 3 is 2.68 bits per heavy atom. The molecule has 1 fully saturated rings. The number of anilines is 2. The summed E-state index contributed by atoms with van der Waals surface area (Å²) in [5.74, 6) is -0.110. The number of nitrogens with one attached hydrogen (secondary N) is 2.